The van der Waals surface area contributed by atoms with Gasteiger partial charge in [-0.05, 0) is 36.0 Å². The molecule has 0 aliphatic carbocycles. The van der Waals surface area contributed by atoms with Gasteiger partial charge in [0.1, 0.15) is 11.6 Å². The molecule has 0 aliphatic heterocycles. The van der Waals surface area contributed by atoms with E-state index in [0.29, 0.717) is 34.6 Å². The normalized spacial score (nSPS) is 14.0. The maximum atomic E-state index is 11.5. The number of rotatable bonds is 10. The van der Waals surface area contributed by atoms with Crippen LogP contribution in [0.2, 0.25) is 10.0 Å². The largest absolute Gasteiger partial charge is 0.394 e. The first-order valence-electron chi connectivity index (χ1n) is 9.53. The van der Waals surface area contributed by atoms with Gasteiger partial charge < -0.3 is 10.4 Å². The Hall–Kier alpha value is -1.52. The number of nitrogens with one attached hydrogen (secondary N) is 1. The van der Waals surface area contributed by atoms with E-state index in [4.69, 9.17) is 28.3 Å². The first-order chi connectivity index (χ1) is 14.0. The van der Waals surface area contributed by atoms with Gasteiger partial charge in [-0.1, -0.05) is 50.0 Å². The van der Waals surface area contributed by atoms with Crippen molar-refractivity contribution in [2.45, 2.75) is 51.3 Å². The van der Waals surface area contributed by atoms with E-state index in [1.54, 1.807) is 12.1 Å². The lowest BCUT2D eigenvalue weighted by molar-refractivity contribution is 0.259. The van der Waals surface area contributed by atoms with Crippen LogP contribution in [0.15, 0.2) is 18.2 Å². The maximum Gasteiger partial charge on any atom is 0.226 e. The summed E-state index contributed by atoms with van der Waals surface area (Å²) in [5.41, 5.74) is 0.945. The molecule has 1 heterocycles. The highest BCUT2D eigenvalue weighted by molar-refractivity contribution is 7.88. The van der Waals surface area contributed by atoms with Crippen LogP contribution in [0, 0.1) is 5.92 Å². The van der Waals surface area contributed by atoms with Gasteiger partial charge in [0, 0.05) is 6.42 Å². The summed E-state index contributed by atoms with van der Waals surface area (Å²) in [4.78, 5) is 12.9. The second-order valence-corrected chi connectivity index (χ2v) is 10.2. The number of primary sulfonamides is 1. The molecule has 2 atom stereocenters. The number of aliphatic hydroxyl groups excluding tert-OH is 1. The molecule has 0 saturated heterocycles. The molecule has 0 saturated carbocycles. The minimum absolute atomic E-state index is 0.0124. The summed E-state index contributed by atoms with van der Waals surface area (Å²) in [6.45, 7) is 5.94. The third-order valence-corrected chi connectivity index (χ3v) is 5.77. The zero-order valence-corrected chi connectivity index (χ0v) is 19.5. The highest BCUT2D eigenvalue weighted by Gasteiger charge is 2.18. The van der Waals surface area contributed by atoms with Crippen molar-refractivity contribution in [2.75, 3.05) is 11.9 Å². The van der Waals surface area contributed by atoms with Gasteiger partial charge in [-0.3, -0.25) is 0 Å². The molecule has 2 aromatic rings. The lowest BCUT2D eigenvalue weighted by Crippen LogP contribution is -2.28. The Labute approximate surface area is 187 Å². The fourth-order valence-electron chi connectivity index (χ4n) is 3.01. The number of aromatic nitrogens is 3. The van der Waals surface area contributed by atoms with Gasteiger partial charge in [0.25, 0.3) is 0 Å². The van der Waals surface area contributed by atoms with Gasteiger partial charge in [-0.15, -0.1) is 0 Å². The zero-order chi connectivity index (χ0) is 22.5. The lowest BCUT2D eigenvalue weighted by Gasteiger charge is -2.19. The molecule has 0 aliphatic rings. The number of sulfonamides is 1. The highest BCUT2D eigenvalue weighted by Crippen LogP contribution is 2.28. The Bertz CT molecular complexity index is 973. The third kappa shape index (κ3) is 7.96. The third-order valence-electron chi connectivity index (χ3n) is 4.37. The Morgan fingerprint density at radius 1 is 1.10 bits per heavy atom. The van der Waals surface area contributed by atoms with Gasteiger partial charge >= 0.3 is 0 Å². The Kier molecular flexibility index (Phi) is 8.81. The van der Waals surface area contributed by atoms with Gasteiger partial charge in [0.2, 0.25) is 16.0 Å². The standard InChI is InChI=1S/C19H27Cl2N5O3S/c1-11(2)6-14(9-27)23-19-25-17(24-18(26-19)10-30(22,28)29)7-12(3)13-4-5-15(20)16(21)8-13/h4-5,8,11-12,14,27H,6-7,9-10H2,1-3H3,(H2,22,28,29)(H,23,24,25,26)/t12-,14+/m0/s1. The summed E-state index contributed by atoms with van der Waals surface area (Å²) >= 11 is 12.1. The number of halogens is 2. The second kappa shape index (κ2) is 10.7. The minimum atomic E-state index is -3.82. The Balaban J connectivity index is 2.31. The molecule has 11 heteroatoms. The molecule has 0 unspecified atom stereocenters. The van der Waals surface area contributed by atoms with Crippen LogP contribution >= 0.6 is 23.2 Å². The summed E-state index contributed by atoms with van der Waals surface area (Å²) in [7, 11) is -3.82. The fraction of sp³-hybridized carbons (Fsp3) is 0.526. The quantitative estimate of drug-likeness (QED) is 0.480. The van der Waals surface area contributed by atoms with E-state index in [1.807, 2.05) is 26.8 Å². The van der Waals surface area contributed by atoms with Crippen LogP contribution in [-0.4, -0.2) is 41.1 Å². The van der Waals surface area contributed by atoms with E-state index in [1.165, 1.54) is 0 Å². The molecule has 0 spiro atoms. The number of nitrogens with two attached hydrogens (primary N) is 1. The van der Waals surface area contributed by atoms with Gasteiger partial charge in [-0.25, -0.2) is 18.5 Å². The van der Waals surface area contributed by atoms with E-state index in [-0.39, 0.29) is 30.3 Å². The van der Waals surface area contributed by atoms with E-state index < -0.39 is 15.8 Å². The predicted octanol–water partition coefficient (Wildman–Crippen LogP) is 3.13. The molecule has 0 bridgehead atoms. The van der Waals surface area contributed by atoms with Crippen LogP contribution in [0.5, 0.6) is 0 Å². The molecular weight excluding hydrogens is 449 g/mol. The molecule has 2 rings (SSSR count). The van der Waals surface area contributed by atoms with Crippen molar-refractivity contribution in [3.8, 4) is 0 Å². The summed E-state index contributed by atoms with van der Waals surface area (Å²) in [6, 6.07) is 5.11. The molecule has 0 radical (unpaired) electrons. The minimum Gasteiger partial charge on any atom is -0.394 e. The average molecular weight is 476 g/mol. The van der Waals surface area contributed by atoms with Crippen LogP contribution in [-0.2, 0) is 22.2 Å². The van der Waals surface area contributed by atoms with E-state index in [0.717, 1.165) is 5.56 Å². The summed E-state index contributed by atoms with van der Waals surface area (Å²) in [5, 5.41) is 18.8. The van der Waals surface area contributed by atoms with Gasteiger partial charge in [0.15, 0.2) is 5.82 Å². The van der Waals surface area contributed by atoms with Crippen LogP contribution in [0.25, 0.3) is 0 Å². The molecule has 30 heavy (non-hydrogen) atoms. The molecule has 4 N–H and O–H groups in total. The Morgan fingerprint density at radius 3 is 2.33 bits per heavy atom. The van der Waals surface area contributed by atoms with E-state index >= 15 is 0 Å². The second-order valence-electron chi connectivity index (χ2n) is 7.73. The van der Waals surface area contributed by atoms with Crippen molar-refractivity contribution in [1.82, 2.24) is 15.0 Å². The van der Waals surface area contributed by atoms with Crippen LogP contribution in [0.4, 0.5) is 5.95 Å². The molecular formula is C19H27Cl2N5O3S. The fourth-order valence-corrected chi connectivity index (χ4v) is 3.81. The topological polar surface area (TPSA) is 131 Å². The predicted molar refractivity (Wildman–Crippen MR) is 119 cm³/mol. The first-order valence-corrected chi connectivity index (χ1v) is 12.0. The van der Waals surface area contributed by atoms with E-state index in [9.17, 15) is 13.5 Å². The number of hydrogen-bond donors (Lipinski definition) is 3. The highest BCUT2D eigenvalue weighted by atomic mass is 35.5. The van der Waals surface area contributed by atoms with Gasteiger partial charge in [-0.2, -0.15) is 9.97 Å². The molecule has 1 aromatic carbocycles. The molecule has 166 valence electrons. The van der Waals surface area contributed by atoms with Crippen LogP contribution in [0.3, 0.4) is 0 Å². The monoisotopic (exact) mass is 475 g/mol. The molecule has 0 fully saturated rings. The van der Waals surface area contributed by atoms with Crippen molar-refractivity contribution < 1.29 is 13.5 Å². The number of anilines is 1. The first kappa shape index (κ1) is 24.7. The smallest absolute Gasteiger partial charge is 0.226 e. The molecule has 1 aromatic heterocycles. The molecule has 0 amide bonds. The average Bonchev–Trinajstić information content (AvgIpc) is 2.61. The van der Waals surface area contributed by atoms with Gasteiger partial charge in [0.05, 0.1) is 22.7 Å². The van der Waals surface area contributed by atoms with Crippen LogP contribution in [0.1, 0.15) is 50.3 Å². The van der Waals surface area contributed by atoms with Crippen LogP contribution < -0.4 is 10.5 Å². The van der Waals surface area contributed by atoms with Crippen molar-refractivity contribution >= 4 is 39.2 Å². The Morgan fingerprint density at radius 2 is 1.77 bits per heavy atom. The van der Waals surface area contributed by atoms with Crippen molar-refractivity contribution in [3.05, 3.63) is 45.5 Å². The number of benzene rings is 1. The number of nitrogens with zero attached hydrogens (tertiary/aromatic N) is 3. The van der Waals surface area contributed by atoms with Crippen molar-refractivity contribution in [3.63, 3.8) is 0 Å². The lowest BCUT2D eigenvalue weighted by atomic mass is 9.97. The number of aliphatic hydroxyl groups is 1. The maximum absolute atomic E-state index is 11.5. The zero-order valence-electron chi connectivity index (χ0n) is 17.1. The summed E-state index contributed by atoms with van der Waals surface area (Å²) in [5.74, 6) is 0.487. The number of hydrogen-bond acceptors (Lipinski definition) is 7. The molecule has 8 nitrogen and oxygen atoms in total. The van der Waals surface area contributed by atoms with Crippen molar-refractivity contribution in [2.24, 2.45) is 11.1 Å². The summed E-state index contributed by atoms with van der Waals surface area (Å²) in [6.07, 6.45) is 1.11. The van der Waals surface area contributed by atoms with Crippen molar-refractivity contribution in [1.29, 1.82) is 0 Å². The SMILES string of the molecule is CC(C)C[C@H](CO)Nc1nc(C[C@H](C)c2ccc(Cl)c(Cl)c2)nc(CS(N)(=O)=O)n1. The van der Waals surface area contributed by atoms with E-state index in [2.05, 4.69) is 20.3 Å². The summed E-state index contributed by atoms with van der Waals surface area (Å²) < 4.78 is 23.1.